The highest BCUT2D eigenvalue weighted by Gasteiger charge is 2.48. The summed E-state index contributed by atoms with van der Waals surface area (Å²) in [6.45, 7) is 0. The summed E-state index contributed by atoms with van der Waals surface area (Å²) in [6, 6.07) is 12.9. The second-order valence-electron chi connectivity index (χ2n) is 4.67. The summed E-state index contributed by atoms with van der Waals surface area (Å²) in [6.07, 6.45) is -4.16. The van der Waals surface area contributed by atoms with Crippen LogP contribution in [0.4, 0.5) is 17.6 Å². The van der Waals surface area contributed by atoms with Gasteiger partial charge < -0.3 is 0 Å². The molecule has 1 amide bonds. The van der Waals surface area contributed by atoms with Crippen LogP contribution in [-0.2, 0) is 10.0 Å². The van der Waals surface area contributed by atoms with Crippen LogP contribution in [0.25, 0.3) is 0 Å². The Morgan fingerprint density at radius 2 is 1.44 bits per heavy atom. The van der Waals surface area contributed by atoms with Crippen LogP contribution in [-0.4, -0.2) is 29.7 Å². The third kappa shape index (κ3) is 4.31. The smallest absolute Gasteiger partial charge is 0.267 e. The number of alkyl halides is 4. The van der Waals surface area contributed by atoms with E-state index < -0.39 is 44.5 Å². The summed E-state index contributed by atoms with van der Waals surface area (Å²) in [7, 11) is -4.78. The first-order chi connectivity index (χ1) is 11.7. The summed E-state index contributed by atoms with van der Waals surface area (Å²) in [5.41, 5.74) is -0.237. The molecule has 0 spiro atoms. The van der Waals surface area contributed by atoms with Crippen molar-refractivity contribution in [2.75, 3.05) is 0 Å². The van der Waals surface area contributed by atoms with Gasteiger partial charge in [-0.05, 0) is 24.3 Å². The zero-order valence-corrected chi connectivity index (χ0v) is 14.0. The number of benzene rings is 2. The maximum atomic E-state index is 13.5. The highest BCUT2D eigenvalue weighted by Crippen LogP contribution is 2.41. The van der Waals surface area contributed by atoms with Crippen LogP contribution in [0.15, 0.2) is 65.6 Å². The summed E-state index contributed by atoms with van der Waals surface area (Å²) in [4.78, 5) is 11.9. The topological polar surface area (TPSA) is 54.5 Å². The average Bonchev–Trinajstić information content (AvgIpc) is 2.60. The van der Waals surface area contributed by atoms with E-state index in [0.29, 0.717) is 0 Å². The standard InChI is InChI=1S/C15H11F4NO3S2/c16-14(17)15(18,19)24-20(13(21)11-7-3-1-4-8-11)25(22,23)12-9-5-2-6-10-12/h1-10,14H. The monoisotopic (exact) mass is 393 g/mol. The van der Waals surface area contributed by atoms with E-state index >= 15 is 0 Å². The van der Waals surface area contributed by atoms with E-state index in [9.17, 15) is 30.8 Å². The first kappa shape index (κ1) is 19.3. The van der Waals surface area contributed by atoms with Crippen molar-refractivity contribution in [1.82, 2.24) is 3.71 Å². The summed E-state index contributed by atoms with van der Waals surface area (Å²) in [5, 5.41) is -4.77. The molecule has 25 heavy (non-hydrogen) atoms. The lowest BCUT2D eigenvalue weighted by atomic mass is 10.2. The minimum atomic E-state index is -4.78. The molecule has 2 aromatic carbocycles. The molecule has 0 aliphatic heterocycles. The quantitative estimate of drug-likeness (QED) is 0.549. The highest BCUT2D eigenvalue weighted by atomic mass is 32.3. The Morgan fingerprint density at radius 1 is 0.960 bits per heavy atom. The molecule has 0 N–H and O–H groups in total. The van der Waals surface area contributed by atoms with E-state index in [1.807, 2.05) is 0 Å². The maximum Gasteiger partial charge on any atom is 0.372 e. The van der Waals surface area contributed by atoms with Crippen molar-refractivity contribution in [1.29, 1.82) is 0 Å². The van der Waals surface area contributed by atoms with Crippen LogP contribution in [0.1, 0.15) is 10.4 Å². The number of hydrogen-bond donors (Lipinski definition) is 0. The second kappa shape index (κ2) is 7.44. The number of rotatable bonds is 6. The van der Waals surface area contributed by atoms with Gasteiger partial charge >= 0.3 is 11.7 Å². The molecule has 0 bridgehead atoms. The first-order valence-electron chi connectivity index (χ1n) is 6.71. The number of sulfonamides is 1. The molecule has 0 fully saturated rings. The molecule has 134 valence electrons. The number of amides is 1. The average molecular weight is 393 g/mol. The van der Waals surface area contributed by atoms with E-state index in [-0.39, 0.29) is 9.27 Å². The number of halogens is 4. The van der Waals surface area contributed by atoms with E-state index in [1.54, 1.807) is 0 Å². The van der Waals surface area contributed by atoms with Crippen molar-refractivity contribution in [2.24, 2.45) is 0 Å². The van der Waals surface area contributed by atoms with Crippen molar-refractivity contribution in [3.05, 3.63) is 66.2 Å². The van der Waals surface area contributed by atoms with Crippen LogP contribution in [0, 0.1) is 0 Å². The molecule has 0 unspecified atom stereocenters. The Hall–Kier alpha value is -2.07. The lowest BCUT2D eigenvalue weighted by Crippen LogP contribution is -2.37. The van der Waals surface area contributed by atoms with Gasteiger partial charge in [0.15, 0.2) is 0 Å². The van der Waals surface area contributed by atoms with Gasteiger partial charge in [-0.15, -0.1) is 0 Å². The number of carbonyl (C=O) groups excluding carboxylic acids is 1. The lowest BCUT2D eigenvalue weighted by molar-refractivity contribution is -0.0576. The van der Waals surface area contributed by atoms with Crippen LogP contribution >= 0.6 is 11.9 Å². The largest absolute Gasteiger partial charge is 0.372 e. The number of carbonyl (C=O) groups is 1. The minimum Gasteiger partial charge on any atom is -0.267 e. The van der Waals surface area contributed by atoms with Gasteiger partial charge in [-0.25, -0.2) is 17.2 Å². The summed E-state index contributed by atoms with van der Waals surface area (Å²) in [5.74, 6) is -1.35. The fourth-order valence-electron chi connectivity index (χ4n) is 1.72. The van der Waals surface area contributed by atoms with Gasteiger partial charge in [0.1, 0.15) is 0 Å². The van der Waals surface area contributed by atoms with Gasteiger partial charge in [-0.3, -0.25) is 4.79 Å². The molecule has 0 saturated heterocycles. The normalized spacial score (nSPS) is 12.2. The Kier molecular flexibility index (Phi) is 5.73. The minimum absolute atomic E-state index is 0.237. The van der Waals surface area contributed by atoms with E-state index in [1.165, 1.54) is 48.5 Å². The molecule has 0 saturated carbocycles. The van der Waals surface area contributed by atoms with Gasteiger partial charge in [0.2, 0.25) is 0 Å². The van der Waals surface area contributed by atoms with Crippen LogP contribution < -0.4 is 0 Å². The summed E-state index contributed by atoms with van der Waals surface area (Å²) < 4.78 is 76.8. The lowest BCUT2D eigenvalue weighted by Gasteiger charge is -2.25. The SMILES string of the molecule is O=C(c1ccccc1)N(SC(F)(F)C(F)F)S(=O)(=O)c1ccccc1. The fourth-order valence-corrected chi connectivity index (χ4v) is 4.18. The summed E-state index contributed by atoms with van der Waals surface area (Å²) >= 11 is -1.03. The Labute approximate surface area is 145 Å². The Balaban J connectivity index is 2.51. The molecular weight excluding hydrogens is 382 g/mol. The highest BCUT2D eigenvalue weighted by molar-refractivity contribution is 8.10. The van der Waals surface area contributed by atoms with Crippen molar-refractivity contribution >= 4 is 27.9 Å². The van der Waals surface area contributed by atoms with Gasteiger partial charge in [0.05, 0.1) is 16.8 Å². The number of nitrogens with zero attached hydrogens (tertiary/aromatic N) is 1. The Bertz CT molecular complexity index is 830. The van der Waals surface area contributed by atoms with Crippen molar-refractivity contribution < 1.29 is 30.8 Å². The molecule has 0 radical (unpaired) electrons. The van der Waals surface area contributed by atoms with Gasteiger partial charge in [-0.1, -0.05) is 36.4 Å². The van der Waals surface area contributed by atoms with E-state index in [2.05, 4.69) is 0 Å². The molecule has 0 aliphatic rings. The van der Waals surface area contributed by atoms with Crippen LogP contribution in [0.5, 0.6) is 0 Å². The zero-order chi connectivity index (χ0) is 18.7. The number of hydrogen-bond acceptors (Lipinski definition) is 4. The molecular formula is C15H11F4NO3S2. The van der Waals surface area contributed by atoms with E-state index in [4.69, 9.17) is 0 Å². The third-order valence-electron chi connectivity index (χ3n) is 2.90. The molecule has 10 heteroatoms. The molecule has 2 aromatic rings. The van der Waals surface area contributed by atoms with Crippen molar-refractivity contribution in [3.8, 4) is 0 Å². The molecule has 0 aliphatic carbocycles. The van der Waals surface area contributed by atoms with Gasteiger partial charge in [0, 0.05) is 5.56 Å². The molecule has 0 heterocycles. The van der Waals surface area contributed by atoms with Gasteiger partial charge in [0.25, 0.3) is 15.9 Å². The van der Waals surface area contributed by atoms with Crippen LogP contribution in [0.3, 0.4) is 0 Å². The Morgan fingerprint density at radius 3 is 1.92 bits per heavy atom. The van der Waals surface area contributed by atoms with Gasteiger partial charge in [-0.2, -0.15) is 12.5 Å². The second-order valence-corrected chi connectivity index (χ2v) is 7.78. The first-order valence-corrected chi connectivity index (χ1v) is 8.92. The van der Waals surface area contributed by atoms with Crippen molar-refractivity contribution in [3.63, 3.8) is 0 Å². The fraction of sp³-hybridized carbons (Fsp3) is 0.133. The predicted molar refractivity (Wildman–Crippen MR) is 84.8 cm³/mol. The molecule has 0 aromatic heterocycles. The zero-order valence-electron chi connectivity index (χ0n) is 12.4. The predicted octanol–water partition coefficient (Wildman–Crippen LogP) is 4.02. The van der Waals surface area contributed by atoms with Crippen LogP contribution in [0.2, 0.25) is 0 Å². The third-order valence-corrected chi connectivity index (χ3v) is 5.94. The molecule has 2 rings (SSSR count). The maximum absolute atomic E-state index is 13.5. The van der Waals surface area contributed by atoms with Crippen molar-refractivity contribution in [2.45, 2.75) is 16.6 Å². The molecule has 0 atom stereocenters. The molecule has 4 nitrogen and oxygen atoms in total. The van der Waals surface area contributed by atoms with E-state index in [0.717, 1.165) is 12.1 Å².